The van der Waals surface area contributed by atoms with Gasteiger partial charge >= 0.3 is 0 Å². The molecule has 63 heavy (non-hydrogen) atoms. The van der Waals surface area contributed by atoms with Gasteiger partial charge < -0.3 is 9.13 Å². The van der Waals surface area contributed by atoms with Crippen LogP contribution in [0.1, 0.15) is 0 Å². The molecule has 298 valence electrons. The molecular weight excluding hydrogens is 765 g/mol. The van der Waals surface area contributed by atoms with E-state index in [0.717, 1.165) is 33.7 Å². The van der Waals surface area contributed by atoms with Crippen LogP contribution in [-0.2, 0) is 0 Å². The average Bonchev–Trinajstić information content (AvgIpc) is 3.97. The quantitative estimate of drug-likeness (QED) is 0.174. The fourth-order valence-corrected chi connectivity index (χ4v) is 9.22. The third kappa shape index (κ3) is 6.71. The van der Waals surface area contributed by atoms with Gasteiger partial charge in [-0.25, -0.2) is 4.98 Å². The van der Waals surface area contributed by atoms with Crippen molar-refractivity contribution in [2.24, 2.45) is 0 Å². The molecule has 0 aliphatic rings. The van der Waals surface area contributed by atoms with Crippen molar-refractivity contribution in [1.29, 1.82) is 0 Å². The van der Waals surface area contributed by atoms with E-state index < -0.39 is 0 Å². The molecule has 4 nitrogen and oxygen atoms in total. The van der Waals surface area contributed by atoms with Gasteiger partial charge in [0.2, 0.25) is 0 Å². The molecule has 0 radical (unpaired) electrons. The molecule has 4 aromatic heterocycles. The largest absolute Gasteiger partial charge is 0.309 e. The highest BCUT2D eigenvalue weighted by Gasteiger charge is 2.21. The minimum Gasteiger partial charge on any atom is -0.309 e. The number of fused-ring (bicyclic) bond motifs is 9. The molecule has 7 aromatic carbocycles. The summed E-state index contributed by atoms with van der Waals surface area (Å²) in [5, 5.41) is 7.26. The van der Waals surface area contributed by atoms with Crippen LogP contribution in [-0.4, -0.2) is 18.7 Å². The highest BCUT2D eigenvalue weighted by atomic mass is 15.1. The van der Waals surface area contributed by atoms with E-state index in [9.17, 15) is 0 Å². The SMILES string of the molecule is c1ccccccccc(-n2c3ccccc3c3c(-c4cccc5c4c4ccccc4n5-c4ccc5c(c4)c4ccccc4n5-c4ccccc4)cccc32)nccccccc1. The van der Waals surface area contributed by atoms with Gasteiger partial charge in [-0.1, -0.05) is 176 Å². The number of hydrogen-bond donors (Lipinski definition) is 0. The minimum atomic E-state index is 0.815. The van der Waals surface area contributed by atoms with Crippen molar-refractivity contribution < 1.29 is 0 Å². The van der Waals surface area contributed by atoms with Gasteiger partial charge in [0.25, 0.3) is 0 Å². The van der Waals surface area contributed by atoms with Crippen molar-refractivity contribution in [1.82, 2.24) is 18.7 Å². The Morgan fingerprint density at radius 1 is 0.254 bits per heavy atom. The highest BCUT2D eigenvalue weighted by molar-refractivity contribution is 6.22. The lowest BCUT2D eigenvalue weighted by Gasteiger charge is -2.11. The first-order valence-electron chi connectivity index (χ1n) is 21.4. The Bertz CT molecular complexity index is 3660. The number of hydrogen-bond acceptors (Lipinski definition) is 1. The zero-order valence-corrected chi connectivity index (χ0v) is 34.5. The van der Waals surface area contributed by atoms with Gasteiger partial charge in [0.05, 0.1) is 33.1 Å². The normalized spacial score (nSPS) is 11.2. The Balaban J connectivity index is 1.14. The zero-order chi connectivity index (χ0) is 42.0. The first-order chi connectivity index (χ1) is 31.3. The van der Waals surface area contributed by atoms with E-state index in [-0.39, 0.29) is 0 Å². The summed E-state index contributed by atoms with van der Waals surface area (Å²) in [7, 11) is 0. The molecule has 0 bridgehead atoms. The van der Waals surface area contributed by atoms with E-state index in [4.69, 9.17) is 4.98 Å². The van der Waals surface area contributed by atoms with Crippen LogP contribution >= 0.6 is 0 Å². The lowest BCUT2D eigenvalue weighted by Crippen LogP contribution is -1.96. The molecule has 0 spiro atoms. The third-order valence-electron chi connectivity index (χ3n) is 11.8. The molecule has 0 fully saturated rings. The van der Waals surface area contributed by atoms with Gasteiger partial charge in [0, 0.05) is 49.9 Å². The van der Waals surface area contributed by atoms with Crippen LogP contribution in [0.2, 0.25) is 0 Å². The Kier molecular flexibility index (Phi) is 9.85. The Morgan fingerprint density at radius 2 is 0.667 bits per heavy atom. The molecular formula is C59H42N4. The van der Waals surface area contributed by atoms with Gasteiger partial charge in [0.15, 0.2) is 0 Å². The molecule has 0 saturated carbocycles. The first-order valence-corrected chi connectivity index (χ1v) is 21.4. The van der Waals surface area contributed by atoms with Crippen LogP contribution in [0.3, 0.4) is 0 Å². The van der Waals surface area contributed by atoms with Gasteiger partial charge in [-0.2, -0.15) is 0 Å². The molecule has 0 amide bonds. The van der Waals surface area contributed by atoms with Crippen LogP contribution in [0, 0.1) is 0 Å². The van der Waals surface area contributed by atoms with Crippen molar-refractivity contribution in [3.63, 3.8) is 0 Å². The fraction of sp³-hybridized carbons (Fsp3) is 0. The standard InChI is InChI=1S/C59H42N4/c1-2-4-6-8-10-12-23-41-60-57(38-16-11-9-7-5-3-1)63-53-35-22-19-30-49(53)59-47(32-25-37-56(59)63)46-31-24-36-55-58(46)48-29-18-21-34-52(48)62(55)44-39-40-54-50(42-44)45-28-17-20-33-51(45)61(54)43-26-14-13-15-27-43/h1-42H. The van der Waals surface area contributed by atoms with E-state index in [0.29, 0.717) is 0 Å². The predicted octanol–water partition coefficient (Wildman–Crippen LogP) is 15.4. The van der Waals surface area contributed by atoms with E-state index in [1.54, 1.807) is 0 Å². The molecule has 11 aromatic rings. The van der Waals surface area contributed by atoms with Crippen LogP contribution < -0.4 is 0 Å². The van der Waals surface area contributed by atoms with Crippen LogP contribution in [0.4, 0.5) is 0 Å². The van der Waals surface area contributed by atoms with E-state index in [2.05, 4.69) is 184 Å². The molecule has 0 N–H and O–H groups in total. The summed E-state index contributed by atoms with van der Waals surface area (Å²) in [6.45, 7) is 0. The Morgan fingerprint density at radius 3 is 1.29 bits per heavy atom. The molecule has 0 saturated heterocycles. The molecule has 11 rings (SSSR count). The van der Waals surface area contributed by atoms with Crippen molar-refractivity contribution in [2.45, 2.75) is 0 Å². The molecule has 0 unspecified atom stereocenters. The Hall–Kier alpha value is -8.47. The van der Waals surface area contributed by atoms with Crippen LogP contribution in [0.5, 0.6) is 0 Å². The van der Waals surface area contributed by atoms with E-state index in [1.807, 2.05) is 85.1 Å². The van der Waals surface area contributed by atoms with Crippen molar-refractivity contribution in [3.8, 4) is 28.3 Å². The maximum absolute atomic E-state index is 5.07. The van der Waals surface area contributed by atoms with E-state index in [1.165, 1.54) is 60.0 Å². The molecule has 4 heterocycles. The van der Waals surface area contributed by atoms with Gasteiger partial charge in [0.1, 0.15) is 5.82 Å². The summed E-state index contributed by atoms with van der Waals surface area (Å²) in [4.78, 5) is 5.07. The number of nitrogens with zero attached hydrogens (tertiary/aromatic N) is 4. The summed E-state index contributed by atoms with van der Waals surface area (Å²) in [6, 6.07) is 87.6. The topological polar surface area (TPSA) is 27.7 Å². The second-order valence-electron chi connectivity index (χ2n) is 15.5. The highest BCUT2D eigenvalue weighted by Crippen LogP contribution is 2.44. The van der Waals surface area contributed by atoms with Crippen LogP contribution in [0.15, 0.2) is 255 Å². The zero-order valence-electron chi connectivity index (χ0n) is 34.5. The lowest BCUT2D eigenvalue weighted by molar-refractivity contribution is 1.09. The third-order valence-corrected chi connectivity index (χ3v) is 11.8. The average molecular weight is 807 g/mol. The summed E-state index contributed by atoms with van der Waals surface area (Å²) >= 11 is 0. The second kappa shape index (κ2) is 16.5. The summed E-state index contributed by atoms with van der Waals surface area (Å²) in [5.74, 6) is 0.815. The lowest BCUT2D eigenvalue weighted by atomic mass is 9.95. The molecule has 0 aliphatic heterocycles. The number of aromatic nitrogens is 4. The minimum absolute atomic E-state index is 0.815. The molecule has 0 aliphatic carbocycles. The maximum atomic E-state index is 5.07. The predicted molar refractivity (Wildman–Crippen MR) is 266 cm³/mol. The van der Waals surface area contributed by atoms with Gasteiger partial charge in [-0.3, -0.25) is 4.57 Å². The van der Waals surface area contributed by atoms with E-state index >= 15 is 0 Å². The summed E-state index contributed by atoms with van der Waals surface area (Å²) in [6.07, 6.45) is 1.87. The summed E-state index contributed by atoms with van der Waals surface area (Å²) < 4.78 is 7.11. The smallest absolute Gasteiger partial charge is 0.137 e. The first kappa shape index (κ1) is 37.5. The number of rotatable bonds is 4. The maximum Gasteiger partial charge on any atom is 0.137 e. The van der Waals surface area contributed by atoms with Gasteiger partial charge in [-0.15, -0.1) is 0 Å². The van der Waals surface area contributed by atoms with Crippen molar-refractivity contribution in [2.75, 3.05) is 0 Å². The second-order valence-corrected chi connectivity index (χ2v) is 15.5. The number of para-hydroxylation sites is 4. The van der Waals surface area contributed by atoms with Gasteiger partial charge in [-0.05, 0) is 83.9 Å². The Labute approximate surface area is 365 Å². The van der Waals surface area contributed by atoms with Crippen molar-refractivity contribution in [3.05, 3.63) is 255 Å². The monoisotopic (exact) mass is 806 g/mol. The summed E-state index contributed by atoms with van der Waals surface area (Å²) in [5.41, 5.74) is 11.6. The van der Waals surface area contributed by atoms with Crippen molar-refractivity contribution >= 4 is 65.4 Å². The number of benzene rings is 7. The van der Waals surface area contributed by atoms with Crippen LogP contribution in [0.25, 0.3) is 93.7 Å². The molecule has 0 atom stereocenters. The molecule has 4 heteroatoms. The fourth-order valence-electron chi connectivity index (χ4n) is 9.22.